The minimum Gasteiger partial charge on any atom is -0.368 e. The molecule has 0 radical (unpaired) electrons. The molecule has 0 aliphatic heterocycles. The zero-order chi connectivity index (χ0) is 15.2. The van der Waals surface area contributed by atoms with Gasteiger partial charge in [0, 0.05) is 13.1 Å². The molecule has 0 saturated heterocycles. The van der Waals surface area contributed by atoms with Gasteiger partial charge < -0.3 is 20.5 Å². The third-order valence-electron chi connectivity index (χ3n) is 3.76. The van der Waals surface area contributed by atoms with Crippen LogP contribution < -0.4 is 10.6 Å². The summed E-state index contributed by atoms with van der Waals surface area (Å²) < 4.78 is 0. The Balaban J connectivity index is 2.10. The highest BCUT2D eigenvalue weighted by molar-refractivity contribution is 5.84. The fourth-order valence-corrected chi connectivity index (χ4v) is 2.50. The van der Waals surface area contributed by atoms with Gasteiger partial charge in [-0.15, -0.1) is 0 Å². The molecule has 2 aromatic rings. The number of hydrogen-bond donors (Lipinski definition) is 2. The molecule has 7 heteroatoms. The van der Waals surface area contributed by atoms with Gasteiger partial charge in [0.15, 0.2) is 11.5 Å². The topological polar surface area (TPSA) is 87.0 Å². The van der Waals surface area contributed by atoms with Crippen molar-refractivity contribution in [1.82, 2.24) is 24.8 Å². The fraction of sp³-hybridized carbons (Fsp3) is 0.643. The van der Waals surface area contributed by atoms with Crippen LogP contribution in [0.2, 0.25) is 0 Å². The summed E-state index contributed by atoms with van der Waals surface area (Å²) in [5.41, 5.74) is 7.27. The maximum Gasteiger partial charge on any atom is 0.224 e. The maximum atomic E-state index is 5.79. The van der Waals surface area contributed by atoms with Crippen molar-refractivity contribution < 1.29 is 0 Å². The molecule has 2 aromatic heterocycles. The molecule has 0 spiro atoms. The lowest BCUT2D eigenvalue weighted by atomic mass is 10.3. The molecular formula is C14H25N7. The lowest BCUT2D eigenvalue weighted by molar-refractivity contribution is 0.300. The summed E-state index contributed by atoms with van der Waals surface area (Å²) in [5.74, 6) is 1.11. The largest absolute Gasteiger partial charge is 0.368 e. The van der Waals surface area contributed by atoms with Crippen LogP contribution in [0.5, 0.6) is 0 Å². The summed E-state index contributed by atoms with van der Waals surface area (Å²) in [5, 5.41) is 0. The van der Waals surface area contributed by atoms with Crippen LogP contribution in [0.1, 0.15) is 27.2 Å². The Kier molecular flexibility index (Phi) is 5.32. The molecule has 2 heterocycles. The number of aromatic amines is 1. The zero-order valence-corrected chi connectivity index (χ0v) is 13.1. The fourth-order valence-electron chi connectivity index (χ4n) is 2.50. The van der Waals surface area contributed by atoms with Gasteiger partial charge in [0.2, 0.25) is 5.95 Å². The number of nitrogens with zero attached hydrogens (tertiary/aromatic N) is 5. The monoisotopic (exact) mass is 291 g/mol. The Morgan fingerprint density at radius 1 is 1.10 bits per heavy atom. The van der Waals surface area contributed by atoms with Crippen molar-refractivity contribution in [2.45, 2.75) is 27.2 Å². The first kappa shape index (κ1) is 15.5. The third-order valence-corrected chi connectivity index (χ3v) is 3.76. The number of nitrogen functional groups attached to an aromatic ring is 1. The van der Waals surface area contributed by atoms with Gasteiger partial charge in [0.25, 0.3) is 0 Å². The SMILES string of the molecule is CCN(CC)CCCN(CC)c1nc(N)nc2nc[nH]c12. The number of nitrogens with two attached hydrogens (primary N) is 1. The maximum absolute atomic E-state index is 5.79. The molecule has 0 unspecified atom stereocenters. The second-order valence-electron chi connectivity index (χ2n) is 4.97. The Bertz CT molecular complexity index is 561. The van der Waals surface area contributed by atoms with Gasteiger partial charge in [-0.1, -0.05) is 13.8 Å². The zero-order valence-electron chi connectivity index (χ0n) is 13.1. The number of nitrogens with one attached hydrogen (secondary N) is 1. The average Bonchev–Trinajstić information content (AvgIpc) is 2.95. The minimum atomic E-state index is 0.270. The molecule has 0 amide bonds. The number of fused-ring (bicyclic) bond motifs is 1. The van der Waals surface area contributed by atoms with Gasteiger partial charge in [-0.25, -0.2) is 4.98 Å². The Morgan fingerprint density at radius 2 is 1.86 bits per heavy atom. The van der Waals surface area contributed by atoms with Crippen LogP contribution in [0, 0.1) is 0 Å². The summed E-state index contributed by atoms with van der Waals surface area (Å²) in [6.45, 7) is 11.6. The smallest absolute Gasteiger partial charge is 0.224 e. The Morgan fingerprint density at radius 3 is 2.52 bits per heavy atom. The summed E-state index contributed by atoms with van der Waals surface area (Å²) in [6, 6.07) is 0. The van der Waals surface area contributed by atoms with Crippen molar-refractivity contribution in [3.63, 3.8) is 0 Å². The first-order valence-corrected chi connectivity index (χ1v) is 7.63. The van der Waals surface area contributed by atoms with E-state index in [9.17, 15) is 0 Å². The normalized spacial score (nSPS) is 11.4. The Hall–Kier alpha value is -1.89. The summed E-state index contributed by atoms with van der Waals surface area (Å²) in [6.07, 6.45) is 2.72. The molecule has 2 rings (SSSR count). The van der Waals surface area contributed by atoms with E-state index in [0.717, 1.165) is 50.5 Å². The van der Waals surface area contributed by atoms with Crippen LogP contribution in [0.3, 0.4) is 0 Å². The van der Waals surface area contributed by atoms with E-state index in [2.05, 4.69) is 50.5 Å². The van der Waals surface area contributed by atoms with Crippen molar-refractivity contribution in [1.29, 1.82) is 0 Å². The van der Waals surface area contributed by atoms with E-state index < -0.39 is 0 Å². The standard InChI is InChI=1S/C14H25N7/c1-4-20(5-2)8-7-9-21(6-3)13-11-12(17-10-16-11)18-14(15)19-13/h10H,4-9H2,1-3H3,(H3,15,16,17,18,19). The molecule has 0 atom stereocenters. The molecule has 0 aromatic carbocycles. The number of imidazole rings is 1. The van der Waals surface area contributed by atoms with E-state index in [0.29, 0.717) is 5.65 Å². The second kappa shape index (κ2) is 7.21. The van der Waals surface area contributed by atoms with Crippen LogP contribution >= 0.6 is 0 Å². The van der Waals surface area contributed by atoms with Gasteiger partial charge >= 0.3 is 0 Å². The summed E-state index contributed by atoms with van der Waals surface area (Å²) in [4.78, 5) is 20.5. The van der Waals surface area contributed by atoms with Crippen molar-refractivity contribution >= 4 is 22.9 Å². The van der Waals surface area contributed by atoms with Gasteiger partial charge in [-0.2, -0.15) is 9.97 Å². The van der Waals surface area contributed by atoms with Crippen LogP contribution in [0.25, 0.3) is 11.2 Å². The molecule has 7 nitrogen and oxygen atoms in total. The van der Waals surface area contributed by atoms with E-state index in [4.69, 9.17) is 5.73 Å². The van der Waals surface area contributed by atoms with Crippen LogP contribution in [0.4, 0.5) is 11.8 Å². The number of aromatic nitrogens is 4. The van der Waals surface area contributed by atoms with E-state index >= 15 is 0 Å². The van der Waals surface area contributed by atoms with Gasteiger partial charge in [-0.05, 0) is 33.0 Å². The Labute approximate surface area is 125 Å². The lowest BCUT2D eigenvalue weighted by Crippen LogP contribution is -2.30. The predicted octanol–water partition coefficient (Wildman–Crippen LogP) is 1.49. The summed E-state index contributed by atoms with van der Waals surface area (Å²) in [7, 11) is 0. The number of hydrogen-bond acceptors (Lipinski definition) is 6. The van der Waals surface area contributed by atoms with Crippen molar-refractivity contribution in [3.8, 4) is 0 Å². The highest BCUT2D eigenvalue weighted by Crippen LogP contribution is 2.21. The van der Waals surface area contributed by atoms with Crippen molar-refractivity contribution in [2.75, 3.05) is 43.4 Å². The van der Waals surface area contributed by atoms with Gasteiger partial charge in [0.1, 0.15) is 5.52 Å². The quantitative estimate of drug-likeness (QED) is 0.766. The molecule has 0 saturated carbocycles. The van der Waals surface area contributed by atoms with Crippen molar-refractivity contribution in [2.24, 2.45) is 0 Å². The second-order valence-corrected chi connectivity index (χ2v) is 4.97. The lowest BCUT2D eigenvalue weighted by Gasteiger charge is -2.24. The molecule has 0 aliphatic carbocycles. The summed E-state index contributed by atoms with van der Waals surface area (Å²) >= 11 is 0. The molecule has 21 heavy (non-hydrogen) atoms. The van der Waals surface area contributed by atoms with Crippen molar-refractivity contribution in [3.05, 3.63) is 6.33 Å². The van der Waals surface area contributed by atoms with Crippen LogP contribution in [-0.2, 0) is 0 Å². The average molecular weight is 291 g/mol. The van der Waals surface area contributed by atoms with Crippen LogP contribution in [0.15, 0.2) is 6.33 Å². The van der Waals surface area contributed by atoms with Crippen LogP contribution in [-0.4, -0.2) is 57.6 Å². The van der Waals surface area contributed by atoms with Gasteiger partial charge in [-0.3, -0.25) is 0 Å². The van der Waals surface area contributed by atoms with E-state index in [-0.39, 0.29) is 5.95 Å². The first-order chi connectivity index (χ1) is 10.2. The number of H-pyrrole nitrogens is 1. The van der Waals surface area contributed by atoms with E-state index in [1.165, 1.54) is 0 Å². The highest BCUT2D eigenvalue weighted by Gasteiger charge is 2.14. The number of anilines is 2. The van der Waals surface area contributed by atoms with E-state index in [1.807, 2.05) is 0 Å². The molecule has 0 bridgehead atoms. The third kappa shape index (κ3) is 3.60. The highest BCUT2D eigenvalue weighted by atomic mass is 15.2. The molecule has 0 aliphatic rings. The molecular weight excluding hydrogens is 266 g/mol. The first-order valence-electron chi connectivity index (χ1n) is 7.63. The minimum absolute atomic E-state index is 0.270. The van der Waals surface area contributed by atoms with Gasteiger partial charge in [0.05, 0.1) is 6.33 Å². The molecule has 3 N–H and O–H groups in total. The molecule has 116 valence electrons. The number of rotatable bonds is 8. The predicted molar refractivity (Wildman–Crippen MR) is 86.4 cm³/mol. The van der Waals surface area contributed by atoms with E-state index in [1.54, 1.807) is 6.33 Å². The molecule has 0 fully saturated rings.